The van der Waals surface area contributed by atoms with E-state index in [1.807, 2.05) is 0 Å². The third-order valence-electron chi connectivity index (χ3n) is 4.99. The fourth-order valence-corrected chi connectivity index (χ4v) is 3.35. The number of aliphatic carboxylic acids is 1. The molecule has 0 aliphatic carbocycles. The van der Waals surface area contributed by atoms with Crippen LogP contribution < -0.4 is 0 Å². The first kappa shape index (κ1) is 28.3. The molecule has 0 rings (SSSR count). The van der Waals surface area contributed by atoms with Crippen LogP contribution in [0.5, 0.6) is 0 Å². The van der Waals surface area contributed by atoms with E-state index in [-0.39, 0.29) is 48.9 Å². The van der Waals surface area contributed by atoms with Crippen molar-refractivity contribution in [2.75, 3.05) is 0 Å². The normalized spacial score (nSPS) is 10.6. The Hall–Kier alpha value is 1.04. The number of carboxylic acids is 1. The second-order valence-corrected chi connectivity index (χ2v) is 7.51. The number of hydrogen-bond donors (Lipinski definition) is 1. The molecule has 146 valence electrons. The van der Waals surface area contributed by atoms with Crippen molar-refractivity contribution in [3.8, 4) is 0 Å². The Morgan fingerprint density at radius 1 is 0.520 bits per heavy atom. The van der Waals surface area contributed by atoms with Crippen molar-refractivity contribution in [2.45, 2.75) is 135 Å². The van der Waals surface area contributed by atoms with E-state index in [2.05, 4.69) is 6.92 Å². The minimum absolute atomic E-state index is 0. The van der Waals surface area contributed by atoms with Gasteiger partial charge in [-0.15, -0.1) is 0 Å². The zero-order valence-corrected chi connectivity index (χ0v) is 21.6. The topological polar surface area (TPSA) is 37.3 Å². The summed E-state index contributed by atoms with van der Waals surface area (Å²) in [4.78, 5) is 10.4. The van der Waals surface area contributed by atoms with E-state index in [1.165, 1.54) is 109 Å². The van der Waals surface area contributed by atoms with Crippen LogP contribution in [0.2, 0.25) is 0 Å². The van der Waals surface area contributed by atoms with E-state index in [4.69, 9.17) is 5.11 Å². The minimum atomic E-state index is -0.651. The van der Waals surface area contributed by atoms with Gasteiger partial charge in [0.1, 0.15) is 0 Å². The molecule has 0 atom stereocenters. The Bertz CT molecular complexity index is 256. The maximum absolute atomic E-state index is 10.4. The van der Waals surface area contributed by atoms with E-state index in [0.717, 1.165) is 12.8 Å². The Morgan fingerprint density at radius 2 is 0.760 bits per heavy atom. The van der Waals surface area contributed by atoms with Crippen molar-refractivity contribution in [3.63, 3.8) is 0 Å². The van der Waals surface area contributed by atoms with E-state index in [0.29, 0.717) is 6.42 Å². The summed E-state index contributed by atoms with van der Waals surface area (Å²) >= 11 is 0. The van der Waals surface area contributed by atoms with Gasteiger partial charge < -0.3 is 5.11 Å². The predicted molar refractivity (Wildman–Crippen MR) is 111 cm³/mol. The van der Waals surface area contributed by atoms with Gasteiger partial charge in [0, 0.05) is 55.3 Å². The number of hydrogen-bond acceptors (Lipinski definition) is 1. The second-order valence-electron chi connectivity index (χ2n) is 7.51. The Balaban J connectivity index is 0. The Kier molecular flexibility index (Phi) is 28.3. The van der Waals surface area contributed by atoms with Gasteiger partial charge in [-0.3, -0.25) is 4.79 Å². The Morgan fingerprint density at radius 3 is 1.00 bits per heavy atom. The molecular weight excluding hydrogens is 434 g/mol. The second kappa shape index (κ2) is 25.0. The average Bonchev–Trinajstić information content (AvgIpc) is 2.56. The molecule has 0 aromatic rings. The molecule has 0 heterocycles. The monoisotopic (exact) mass is 478 g/mol. The van der Waals surface area contributed by atoms with Gasteiger partial charge in [-0.1, -0.05) is 122 Å². The molecule has 2 nitrogen and oxygen atoms in total. The van der Waals surface area contributed by atoms with Crippen LogP contribution in [0.25, 0.3) is 0 Å². The molecular formula is C22H44BaO2. The molecule has 0 fully saturated rings. The molecule has 3 heteroatoms. The maximum atomic E-state index is 10.4. The first-order chi connectivity index (χ1) is 11.8. The molecule has 0 unspecified atom stereocenters. The van der Waals surface area contributed by atoms with Crippen molar-refractivity contribution < 1.29 is 9.90 Å². The SMILES string of the molecule is CCCCCCCCCCCCCCCCCCCCCC(=O)O.[Ba]. The quantitative estimate of drug-likeness (QED) is 0.145. The Labute approximate surface area is 198 Å². The summed E-state index contributed by atoms with van der Waals surface area (Å²) in [7, 11) is 0. The fourth-order valence-electron chi connectivity index (χ4n) is 3.35. The molecule has 0 saturated carbocycles. The maximum Gasteiger partial charge on any atom is 0.303 e. The summed E-state index contributed by atoms with van der Waals surface area (Å²) < 4.78 is 0. The van der Waals surface area contributed by atoms with Crippen molar-refractivity contribution in [1.82, 2.24) is 0 Å². The molecule has 2 radical (unpaired) electrons. The van der Waals surface area contributed by atoms with Crippen LogP contribution in [0, 0.1) is 0 Å². The van der Waals surface area contributed by atoms with Crippen LogP contribution in [0.4, 0.5) is 0 Å². The summed E-state index contributed by atoms with van der Waals surface area (Å²) in [6.07, 6.45) is 26.1. The van der Waals surface area contributed by atoms with Gasteiger partial charge in [-0.25, -0.2) is 0 Å². The molecule has 25 heavy (non-hydrogen) atoms. The van der Waals surface area contributed by atoms with Crippen LogP contribution in [0.15, 0.2) is 0 Å². The van der Waals surface area contributed by atoms with Gasteiger partial charge in [0.05, 0.1) is 0 Å². The fraction of sp³-hybridized carbons (Fsp3) is 0.955. The third-order valence-corrected chi connectivity index (χ3v) is 4.99. The standard InChI is InChI=1S/C22H44O2.Ba/c1-2-3-4-5-6-7-8-9-10-11-12-13-14-15-16-17-18-19-20-21-22(23)24;/h2-21H2,1H3,(H,23,24);. The zero-order valence-electron chi connectivity index (χ0n) is 17.2. The smallest absolute Gasteiger partial charge is 0.303 e. The van der Waals surface area contributed by atoms with Crippen LogP contribution in [0.3, 0.4) is 0 Å². The molecule has 0 bridgehead atoms. The first-order valence-electron chi connectivity index (χ1n) is 11.0. The largest absolute Gasteiger partial charge is 0.481 e. The zero-order chi connectivity index (χ0) is 17.7. The number of carbonyl (C=O) groups is 1. The van der Waals surface area contributed by atoms with Gasteiger partial charge in [0.2, 0.25) is 0 Å². The molecule has 0 aliphatic heterocycles. The van der Waals surface area contributed by atoms with Gasteiger partial charge in [-0.2, -0.15) is 0 Å². The summed E-state index contributed by atoms with van der Waals surface area (Å²) in [5.41, 5.74) is 0. The summed E-state index contributed by atoms with van der Waals surface area (Å²) in [5, 5.41) is 8.56. The van der Waals surface area contributed by atoms with Gasteiger partial charge >= 0.3 is 5.97 Å². The molecule has 0 amide bonds. The molecule has 0 saturated heterocycles. The van der Waals surface area contributed by atoms with Gasteiger partial charge in [-0.05, 0) is 6.42 Å². The van der Waals surface area contributed by atoms with Gasteiger partial charge in [0.25, 0.3) is 0 Å². The summed E-state index contributed by atoms with van der Waals surface area (Å²) in [6.45, 7) is 2.28. The van der Waals surface area contributed by atoms with Crippen molar-refractivity contribution >= 4 is 54.9 Å². The van der Waals surface area contributed by atoms with E-state index in [1.54, 1.807) is 0 Å². The minimum Gasteiger partial charge on any atom is -0.481 e. The summed E-state index contributed by atoms with van der Waals surface area (Å²) in [6, 6.07) is 0. The first-order valence-corrected chi connectivity index (χ1v) is 11.0. The number of unbranched alkanes of at least 4 members (excludes halogenated alkanes) is 18. The number of carboxylic acid groups (broad SMARTS) is 1. The molecule has 0 aromatic heterocycles. The van der Waals surface area contributed by atoms with Crippen LogP contribution >= 0.6 is 0 Å². The molecule has 0 spiro atoms. The third kappa shape index (κ3) is 27.4. The van der Waals surface area contributed by atoms with E-state index < -0.39 is 5.97 Å². The molecule has 0 aliphatic rings. The van der Waals surface area contributed by atoms with E-state index in [9.17, 15) is 4.79 Å². The molecule has 1 N–H and O–H groups in total. The molecule has 0 aromatic carbocycles. The van der Waals surface area contributed by atoms with Crippen molar-refractivity contribution in [1.29, 1.82) is 0 Å². The van der Waals surface area contributed by atoms with Crippen molar-refractivity contribution in [3.05, 3.63) is 0 Å². The van der Waals surface area contributed by atoms with E-state index >= 15 is 0 Å². The summed E-state index contributed by atoms with van der Waals surface area (Å²) in [5.74, 6) is -0.651. The van der Waals surface area contributed by atoms with Crippen LogP contribution in [-0.4, -0.2) is 60.0 Å². The van der Waals surface area contributed by atoms with Crippen LogP contribution in [-0.2, 0) is 4.79 Å². The predicted octanol–water partition coefficient (Wildman–Crippen LogP) is 7.51. The average molecular weight is 478 g/mol. The van der Waals surface area contributed by atoms with Crippen LogP contribution in [0.1, 0.15) is 135 Å². The number of rotatable bonds is 20. The van der Waals surface area contributed by atoms with Gasteiger partial charge in [0.15, 0.2) is 0 Å². The van der Waals surface area contributed by atoms with Crippen molar-refractivity contribution in [2.24, 2.45) is 0 Å².